The first-order valence-corrected chi connectivity index (χ1v) is 20.1. The molecule has 3 unspecified atom stereocenters. The van der Waals surface area contributed by atoms with Crippen LogP contribution in [0, 0.1) is 15.4 Å². The largest absolute Gasteiger partial charge is 0.472 e. The number of nitrogens with one attached hydrogen (secondary N) is 3. The van der Waals surface area contributed by atoms with Gasteiger partial charge >= 0.3 is 6.01 Å². The van der Waals surface area contributed by atoms with E-state index in [2.05, 4.69) is 77.9 Å². The van der Waals surface area contributed by atoms with Crippen molar-refractivity contribution in [3.05, 3.63) is 52.1 Å². The predicted molar refractivity (Wildman–Crippen MR) is 195 cm³/mol. The number of ether oxygens (including phenoxy) is 1. The third-order valence-corrected chi connectivity index (χ3v) is 12.6. The second-order valence-corrected chi connectivity index (χ2v) is 17.6. The molecule has 272 valence electrons. The predicted octanol–water partition coefficient (Wildman–Crippen LogP) is 3.60. The maximum absolute atomic E-state index is 14.5. The number of nitrogens with zero attached hydrogens (tertiary/aromatic N) is 4. The highest BCUT2D eigenvalue weighted by atomic mass is 127. The van der Waals surface area contributed by atoms with Crippen LogP contribution in [0.4, 0.5) is 6.01 Å². The van der Waals surface area contributed by atoms with Crippen molar-refractivity contribution >= 4 is 56.4 Å². The van der Waals surface area contributed by atoms with E-state index in [1.54, 1.807) is 6.20 Å². The lowest BCUT2D eigenvalue weighted by Crippen LogP contribution is -2.58. The zero-order chi connectivity index (χ0) is 36.1. The third kappa shape index (κ3) is 7.43. The molecule has 3 N–H and O–H groups in total. The summed E-state index contributed by atoms with van der Waals surface area (Å²) in [4.78, 5) is 48.3. The Morgan fingerprint density at radius 2 is 1.94 bits per heavy atom. The standard InChI is InChI=1S/C35H42IN7O7S/c1-4-22-16-35(22,33(46)42-51(47,48)25-10-11-25)39-30(44)27-15-24-18-43(27)32(45)29(19(2)3)38-34-41-40-28(50-34)9-7-5-6-8-20-12-21-14-23(36)17-37-31(49-24)26(21)13-20/h4,12-14,17,19,22,24-25,27,29H,1,5-11,15-16,18H2,2-3H3,(H,38,41)(H,39,44)(H,42,46)/t22-,24?,27?,29?,35-/m1/s1. The molecule has 5 atom stereocenters. The van der Waals surface area contributed by atoms with Crippen molar-refractivity contribution < 1.29 is 32.0 Å². The number of hydrogen-bond acceptors (Lipinski definition) is 11. The molecule has 6 bridgehead atoms. The zero-order valence-electron chi connectivity index (χ0n) is 28.6. The Hall–Kier alpha value is -3.80. The van der Waals surface area contributed by atoms with Crippen LogP contribution < -0.4 is 20.1 Å². The summed E-state index contributed by atoms with van der Waals surface area (Å²) in [6, 6.07) is 4.52. The molecule has 51 heavy (non-hydrogen) atoms. The highest BCUT2D eigenvalue weighted by molar-refractivity contribution is 14.1. The number of aromatic nitrogens is 3. The molecule has 6 aliphatic rings. The summed E-state index contributed by atoms with van der Waals surface area (Å²) in [5.74, 6) is -1.63. The Morgan fingerprint density at radius 3 is 2.67 bits per heavy atom. The number of anilines is 1. The Morgan fingerprint density at radius 1 is 1.16 bits per heavy atom. The highest BCUT2D eigenvalue weighted by Gasteiger charge is 2.62. The fourth-order valence-corrected chi connectivity index (χ4v) is 8.92. The van der Waals surface area contributed by atoms with Crippen LogP contribution in [-0.2, 0) is 37.2 Å². The van der Waals surface area contributed by atoms with Crippen LogP contribution in [-0.4, -0.2) is 81.7 Å². The van der Waals surface area contributed by atoms with Crippen LogP contribution in [0.5, 0.6) is 5.88 Å². The van der Waals surface area contributed by atoms with Crippen LogP contribution in [0.1, 0.15) is 70.2 Å². The van der Waals surface area contributed by atoms with E-state index in [1.165, 1.54) is 11.0 Å². The van der Waals surface area contributed by atoms with Crippen molar-refractivity contribution in [2.24, 2.45) is 11.8 Å². The minimum atomic E-state index is -3.86. The number of amides is 3. The molecule has 3 aliphatic heterocycles. The average molecular weight is 832 g/mol. The van der Waals surface area contributed by atoms with Gasteiger partial charge in [0.05, 0.1) is 11.8 Å². The zero-order valence-corrected chi connectivity index (χ0v) is 31.5. The molecule has 3 amide bonds. The van der Waals surface area contributed by atoms with Gasteiger partial charge in [-0.25, -0.2) is 13.4 Å². The van der Waals surface area contributed by atoms with E-state index in [0.717, 1.165) is 45.9 Å². The minimum absolute atomic E-state index is 0.0590. The molecule has 1 aromatic rings. The maximum Gasteiger partial charge on any atom is 0.316 e. The summed E-state index contributed by atoms with van der Waals surface area (Å²) in [5, 5.41) is 13.7. The van der Waals surface area contributed by atoms with Gasteiger partial charge in [-0.15, -0.1) is 11.7 Å². The molecular formula is C35H42IN7O7S. The highest BCUT2D eigenvalue weighted by Crippen LogP contribution is 2.46. The number of fused-ring (bicyclic) bond motifs is 5. The number of halogens is 1. The normalized spacial score (nSPS) is 26.8. The smallest absolute Gasteiger partial charge is 0.316 e. The monoisotopic (exact) mass is 831 g/mol. The van der Waals surface area contributed by atoms with Gasteiger partial charge in [0.2, 0.25) is 33.6 Å². The first-order valence-electron chi connectivity index (χ1n) is 17.5. The Balaban J connectivity index is 1.21. The number of sulfonamides is 1. The fraction of sp³-hybridized carbons (Fsp3) is 0.543. The Kier molecular flexibility index (Phi) is 9.75. The fourth-order valence-electron chi connectivity index (χ4n) is 7.08. The van der Waals surface area contributed by atoms with Crippen molar-refractivity contribution in [1.82, 2.24) is 30.1 Å². The van der Waals surface area contributed by atoms with E-state index < -0.39 is 56.7 Å². The van der Waals surface area contributed by atoms with Crippen molar-refractivity contribution in [2.45, 2.75) is 101 Å². The lowest BCUT2D eigenvalue weighted by atomic mass is 10.0. The summed E-state index contributed by atoms with van der Waals surface area (Å²) in [6.45, 7) is 7.60. The molecule has 4 heterocycles. The first-order chi connectivity index (χ1) is 24.4. The molecule has 0 spiro atoms. The van der Waals surface area contributed by atoms with Gasteiger partial charge in [0.25, 0.3) is 5.91 Å². The van der Waals surface area contributed by atoms with Crippen molar-refractivity contribution in [1.29, 1.82) is 0 Å². The first kappa shape index (κ1) is 35.6. The van der Waals surface area contributed by atoms with E-state index in [4.69, 9.17) is 9.15 Å². The topological polar surface area (TPSA) is 186 Å². The summed E-state index contributed by atoms with van der Waals surface area (Å²) in [5.41, 5.74) is 1.49. The van der Waals surface area contributed by atoms with Gasteiger partial charge in [0.1, 0.15) is 23.7 Å². The quantitative estimate of drug-likeness (QED) is 0.234. The van der Waals surface area contributed by atoms with Crippen LogP contribution in [0.3, 0.4) is 0 Å². The van der Waals surface area contributed by atoms with Gasteiger partial charge in [-0.1, -0.05) is 37.5 Å². The molecule has 0 aromatic carbocycles. The Bertz CT molecular complexity index is 1930. The minimum Gasteiger partial charge on any atom is -0.472 e. The number of rotatable bonds is 7. The second-order valence-electron chi connectivity index (χ2n) is 14.4. The molecule has 7 rings (SSSR count). The van der Waals surface area contributed by atoms with Gasteiger partial charge < -0.3 is 24.7 Å². The van der Waals surface area contributed by atoms with Crippen LogP contribution >= 0.6 is 22.6 Å². The molecular weight excluding hydrogens is 789 g/mol. The van der Waals surface area contributed by atoms with E-state index in [-0.39, 0.29) is 37.2 Å². The molecule has 1 aromatic heterocycles. The molecule has 3 aliphatic carbocycles. The van der Waals surface area contributed by atoms with Crippen molar-refractivity contribution in [2.75, 3.05) is 11.9 Å². The van der Waals surface area contributed by atoms with E-state index in [9.17, 15) is 22.8 Å². The number of hydrogen-bond donors (Lipinski definition) is 3. The van der Waals surface area contributed by atoms with Crippen molar-refractivity contribution in [3.8, 4) is 17.0 Å². The summed E-state index contributed by atoms with van der Waals surface area (Å²) in [6.07, 6.45) is 8.17. The van der Waals surface area contributed by atoms with Gasteiger partial charge in [-0.05, 0) is 90.3 Å². The maximum atomic E-state index is 14.5. The van der Waals surface area contributed by atoms with Gasteiger partial charge in [0.15, 0.2) is 0 Å². The number of carbonyl (C=O) groups is 3. The van der Waals surface area contributed by atoms with Gasteiger partial charge in [-0.2, -0.15) is 0 Å². The molecule has 2 saturated carbocycles. The number of carbonyl (C=O) groups excluding carboxylic acids is 3. The number of aryl methyl sites for hydroxylation is 2. The molecule has 3 fully saturated rings. The van der Waals surface area contributed by atoms with Crippen LogP contribution in [0.25, 0.3) is 11.1 Å². The second kappa shape index (κ2) is 14.0. The van der Waals surface area contributed by atoms with E-state index in [1.807, 2.05) is 13.8 Å². The van der Waals surface area contributed by atoms with Crippen LogP contribution in [0.15, 0.2) is 41.5 Å². The molecule has 14 nitrogen and oxygen atoms in total. The molecule has 1 saturated heterocycles. The summed E-state index contributed by atoms with van der Waals surface area (Å²) >= 11 is 2.23. The van der Waals surface area contributed by atoms with Crippen LogP contribution in [0.2, 0.25) is 0 Å². The summed E-state index contributed by atoms with van der Waals surface area (Å²) < 4.78 is 40.9. The summed E-state index contributed by atoms with van der Waals surface area (Å²) in [7, 11) is -3.86. The van der Waals surface area contributed by atoms with Crippen molar-refractivity contribution in [3.63, 3.8) is 0 Å². The van der Waals surface area contributed by atoms with E-state index >= 15 is 0 Å². The SMILES string of the molecule is C=C[C@@H]1C[C@]1(NC(=O)C1CC2CN1C(=O)C(C(C)C)Nc1nnc(o1)CCCCCc1cc3cc(I)cnc(c-3c1)O2)C(=O)NS(=O)(=O)C1CC1. The van der Waals surface area contributed by atoms with E-state index in [0.29, 0.717) is 31.0 Å². The van der Waals surface area contributed by atoms with Gasteiger partial charge in [-0.3, -0.25) is 19.1 Å². The average Bonchev–Trinajstić information content (AvgIpc) is 3.93. The third-order valence-electron chi connectivity index (χ3n) is 10.2. The lowest BCUT2D eigenvalue weighted by molar-refractivity contribution is -0.140. The Labute approximate surface area is 310 Å². The molecule has 16 heteroatoms. The molecule has 0 radical (unpaired) electrons. The lowest BCUT2D eigenvalue weighted by Gasteiger charge is -2.30. The van der Waals surface area contributed by atoms with Gasteiger partial charge in [0, 0.05) is 34.1 Å².